The summed E-state index contributed by atoms with van der Waals surface area (Å²) in [5.74, 6) is 0. The Bertz CT molecular complexity index is 318. The van der Waals surface area contributed by atoms with Gasteiger partial charge in [-0.1, -0.05) is 36.4 Å². The summed E-state index contributed by atoms with van der Waals surface area (Å²) in [6.45, 7) is 10.2. The van der Waals surface area contributed by atoms with Crippen LogP contribution in [0, 0.1) is 0 Å². The van der Waals surface area contributed by atoms with Gasteiger partial charge >= 0.3 is 0 Å². The lowest BCUT2D eigenvalue weighted by Gasteiger charge is -2.11. The zero-order chi connectivity index (χ0) is 10.6. The number of hydrogen-bond donors (Lipinski definition) is 0. The van der Waals surface area contributed by atoms with E-state index in [2.05, 4.69) is 44.7 Å². The average Bonchev–Trinajstić information content (AvgIpc) is 2.15. The third kappa shape index (κ3) is 3.12. The van der Waals surface area contributed by atoms with Crippen LogP contribution in [0.25, 0.3) is 5.57 Å². The highest BCUT2D eigenvalue weighted by Crippen LogP contribution is 2.07. The Morgan fingerprint density at radius 3 is 2.57 bits per heavy atom. The van der Waals surface area contributed by atoms with Crippen molar-refractivity contribution in [2.75, 3.05) is 0 Å². The minimum atomic E-state index is -0.591. The van der Waals surface area contributed by atoms with Crippen LogP contribution in [0.4, 0.5) is 0 Å². The van der Waals surface area contributed by atoms with Crippen molar-refractivity contribution < 1.29 is 4.43 Å². The highest BCUT2D eigenvalue weighted by Gasteiger charge is 2.03. The predicted molar refractivity (Wildman–Crippen MR) is 65.5 cm³/mol. The van der Waals surface area contributed by atoms with Gasteiger partial charge in [0.25, 0.3) is 0 Å². The Kier molecular flexibility index (Phi) is 4.11. The van der Waals surface area contributed by atoms with E-state index in [4.69, 9.17) is 4.43 Å². The zero-order valence-corrected chi connectivity index (χ0v) is 10.6. The van der Waals surface area contributed by atoms with Crippen LogP contribution in [-0.2, 0) is 4.43 Å². The highest BCUT2D eigenvalue weighted by molar-refractivity contribution is 6.48. The van der Waals surface area contributed by atoms with E-state index >= 15 is 0 Å². The lowest BCUT2D eigenvalue weighted by atomic mass is 10.1. The second-order valence-electron chi connectivity index (χ2n) is 3.80. The maximum atomic E-state index is 5.72. The number of allylic oxidation sites excluding steroid dienone is 1. The van der Waals surface area contributed by atoms with Crippen molar-refractivity contribution in [2.24, 2.45) is 0 Å². The molecule has 0 saturated heterocycles. The first-order valence-electron chi connectivity index (χ1n) is 4.96. The van der Waals surface area contributed by atoms with Crippen molar-refractivity contribution >= 4 is 20.5 Å². The summed E-state index contributed by atoms with van der Waals surface area (Å²) >= 11 is 0. The first kappa shape index (κ1) is 11.2. The molecule has 0 radical (unpaired) electrons. The van der Waals surface area contributed by atoms with Gasteiger partial charge in [0.2, 0.25) is 0 Å². The first-order valence-corrected chi connectivity index (χ1v) is 6.25. The van der Waals surface area contributed by atoms with Crippen molar-refractivity contribution in [2.45, 2.75) is 26.9 Å². The van der Waals surface area contributed by atoms with Crippen molar-refractivity contribution in [1.29, 1.82) is 0 Å². The normalized spacial score (nSPS) is 11.4. The molecule has 0 amide bonds. The van der Waals surface area contributed by atoms with Crippen LogP contribution in [-0.4, -0.2) is 15.9 Å². The minimum absolute atomic E-state index is 0.333. The molecule has 0 aliphatic carbocycles. The molecular weight excluding hydrogens is 188 g/mol. The van der Waals surface area contributed by atoms with E-state index in [0.29, 0.717) is 6.10 Å². The van der Waals surface area contributed by atoms with Gasteiger partial charge in [0.05, 0.1) is 0 Å². The largest absolute Gasteiger partial charge is 0.416 e. The molecule has 0 saturated carbocycles. The van der Waals surface area contributed by atoms with Gasteiger partial charge in [-0.2, -0.15) is 0 Å². The van der Waals surface area contributed by atoms with E-state index in [1.807, 2.05) is 6.92 Å². The van der Waals surface area contributed by atoms with Gasteiger partial charge in [0.1, 0.15) is 0 Å². The van der Waals surface area contributed by atoms with Crippen LogP contribution in [0.3, 0.4) is 0 Å². The van der Waals surface area contributed by atoms with Crippen LogP contribution in [0.1, 0.15) is 26.3 Å². The van der Waals surface area contributed by atoms with Crippen molar-refractivity contribution in [3.63, 3.8) is 0 Å². The summed E-state index contributed by atoms with van der Waals surface area (Å²) in [7, 11) is -0.591. The lowest BCUT2D eigenvalue weighted by Crippen LogP contribution is -2.23. The van der Waals surface area contributed by atoms with Crippen LogP contribution in [0.2, 0.25) is 0 Å². The smallest absolute Gasteiger partial charge is 0.193 e. The van der Waals surface area contributed by atoms with Gasteiger partial charge in [-0.3, -0.25) is 0 Å². The molecule has 0 unspecified atom stereocenters. The van der Waals surface area contributed by atoms with Gasteiger partial charge in [0, 0.05) is 6.10 Å². The van der Waals surface area contributed by atoms with Crippen LogP contribution < -0.4 is 5.19 Å². The molecule has 0 bridgehead atoms. The molecule has 76 valence electrons. The van der Waals surface area contributed by atoms with E-state index in [9.17, 15) is 0 Å². The molecule has 1 aromatic carbocycles. The molecule has 1 nitrogen and oxygen atoms in total. The van der Waals surface area contributed by atoms with E-state index in [1.54, 1.807) is 0 Å². The van der Waals surface area contributed by atoms with Crippen molar-refractivity contribution in [3.8, 4) is 0 Å². The second kappa shape index (κ2) is 5.13. The van der Waals surface area contributed by atoms with E-state index < -0.39 is 9.76 Å². The third-order valence-electron chi connectivity index (χ3n) is 2.05. The topological polar surface area (TPSA) is 9.23 Å². The molecule has 0 N–H and O–H groups in total. The maximum Gasteiger partial charge on any atom is 0.193 e. The fourth-order valence-corrected chi connectivity index (χ4v) is 2.64. The van der Waals surface area contributed by atoms with Gasteiger partial charge in [-0.05, 0) is 31.5 Å². The summed E-state index contributed by atoms with van der Waals surface area (Å²) in [5, 5.41) is 1.36. The molecule has 0 heterocycles. The molecular formula is C12H18OSi. The average molecular weight is 206 g/mol. The van der Waals surface area contributed by atoms with E-state index in [0.717, 1.165) is 5.57 Å². The third-order valence-corrected chi connectivity index (χ3v) is 3.81. The Morgan fingerprint density at radius 2 is 2.00 bits per heavy atom. The summed E-state index contributed by atoms with van der Waals surface area (Å²) in [6.07, 6.45) is 0.333. The first-order chi connectivity index (χ1) is 6.61. The summed E-state index contributed by atoms with van der Waals surface area (Å²) in [5.41, 5.74) is 2.39. The van der Waals surface area contributed by atoms with Gasteiger partial charge in [-0.25, -0.2) is 0 Å². The van der Waals surface area contributed by atoms with Crippen LogP contribution >= 0.6 is 0 Å². The van der Waals surface area contributed by atoms with Gasteiger partial charge in [0.15, 0.2) is 9.76 Å². The van der Waals surface area contributed by atoms with Crippen molar-refractivity contribution in [3.05, 3.63) is 36.4 Å². The predicted octanol–water partition coefficient (Wildman–Crippen LogP) is 1.85. The monoisotopic (exact) mass is 206 g/mol. The molecule has 2 heteroatoms. The SMILES string of the molecule is C=C(C)c1ccccc1[SiH2]OC(C)C. The minimum Gasteiger partial charge on any atom is -0.416 e. The van der Waals surface area contributed by atoms with E-state index in [1.165, 1.54) is 10.8 Å². The molecule has 14 heavy (non-hydrogen) atoms. The highest BCUT2D eigenvalue weighted by atomic mass is 28.2. The fraction of sp³-hybridized carbons (Fsp3) is 0.333. The lowest BCUT2D eigenvalue weighted by molar-refractivity contribution is 0.260. The summed E-state index contributed by atoms with van der Waals surface area (Å²) in [4.78, 5) is 0. The number of rotatable bonds is 4. The molecule has 0 atom stereocenters. The number of hydrogen-bond acceptors (Lipinski definition) is 1. The van der Waals surface area contributed by atoms with Gasteiger partial charge in [-0.15, -0.1) is 0 Å². The van der Waals surface area contributed by atoms with Gasteiger partial charge < -0.3 is 4.43 Å². The van der Waals surface area contributed by atoms with E-state index in [-0.39, 0.29) is 0 Å². The summed E-state index contributed by atoms with van der Waals surface area (Å²) < 4.78 is 5.72. The second-order valence-corrected chi connectivity index (χ2v) is 5.18. The molecule has 0 spiro atoms. The summed E-state index contributed by atoms with van der Waals surface area (Å²) in [6, 6.07) is 8.39. The molecule has 0 aromatic heterocycles. The van der Waals surface area contributed by atoms with Crippen LogP contribution in [0.15, 0.2) is 30.8 Å². The van der Waals surface area contributed by atoms with Crippen molar-refractivity contribution in [1.82, 2.24) is 0 Å². The molecule has 0 fully saturated rings. The molecule has 0 aliphatic heterocycles. The molecule has 1 rings (SSSR count). The maximum absolute atomic E-state index is 5.72. The number of benzene rings is 1. The van der Waals surface area contributed by atoms with Crippen LogP contribution in [0.5, 0.6) is 0 Å². The molecule has 1 aromatic rings. The molecule has 0 aliphatic rings. The fourth-order valence-electron chi connectivity index (χ4n) is 1.32. The standard InChI is InChI=1S/C12H18OSi/c1-9(2)11-7-5-6-8-12(11)14-13-10(3)4/h5-8,10H,1,14H2,2-4H3. The Labute approximate surface area is 88.7 Å². The Balaban J connectivity index is 2.79. The quantitative estimate of drug-likeness (QED) is 0.683. The zero-order valence-electron chi connectivity index (χ0n) is 9.21. The Morgan fingerprint density at radius 1 is 1.36 bits per heavy atom. The Hall–Kier alpha value is -0.863.